The van der Waals surface area contributed by atoms with Crippen molar-refractivity contribution in [2.45, 2.75) is 51.1 Å². The molecule has 8 heteroatoms. The van der Waals surface area contributed by atoms with E-state index < -0.39 is 5.97 Å². The maximum Gasteiger partial charge on any atom is 0.343 e. The Morgan fingerprint density at radius 3 is 2.72 bits per heavy atom. The zero-order valence-corrected chi connectivity index (χ0v) is 19.7. The van der Waals surface area contributed by atoms with E-state index in [0.717, 1.165) is 36.8 Å². The second-order valence-corrected chi connectivity index (χ2v) is 9.31. The van der Waals surface area contributed by atoms with Gasteiger partial charge in [0.15, 0.2) is 5.43 Å². The van der Waals surface area contributed by atoms with Crippen LogP contribution in [-0.2, 0) is 9.47 Å². The Hall–Kier alpha value is -2.51. The first-order valence-corrected chi connectivity index (χ1v) is 11.3. The molecule has 0 aliphatic carbocycles. The lowest BCUT2D eigenvalue weighted by atomic mass is 9.82. The molecule has 1 atom stereocenters. The van der Waals surface area contributed by atoms with E-state index in [4.69, 9.17) is 25.8 Å². The minimum Gasteiger partial charge on any atom is -0.492 e. The van der Waals surface area contributed by atoms with E-state index in [0.29, 0.717) is 29.7 Å². The van der Waals surface area contributed by atoms with Gasteiger partial charge in [-0.1, -0.05) is 11.6 Å². The molecule has 3 heterocycles. The van der Waals surface area contributed by atoms with E-state index in [1.807, 2.05) is 16.8 Å². The fourth-order valence-electron chi connectivity index (χ4n) is 4.84. The Bertz CT molecular complexity index is 1090. The molecule has 2 aliphatic heterocycles. The van der Waals surface area contributed by atoms with Crippen LogP contribution in [0.1, 0.15) is 61.5 Å². The van der Waals surface area contributed by atoms with Gasteiger partial charge in [0.2, 0.25) is 0 Å². The SMILES string of the molecule is COCCCOc1cc2c(cc1Cl)-c1cc(=O)c(C(=O)OC)cn1N1[C@@H]2CCCC1(C)C. The summed E-state index contributed by atoms with van der Waals surface area (Å²) in [5.41, 5.74) is 2.12. The van der Waals surface area contributed by atoms with E-state index in [1.165, 1.54) is 13.2 Å². The van der Waals surface area contributed by atoms with Gasteiger partial charge >= 0.3 is 5.97 Å². The van der Waals surface area contributed by atoms with Crippen molar-refractivity contribution in [3.63, 3.8) is 0 Å². The largest absolute Gasteiger partial charge is 0.492 e. The molecule has 2 aliphatic rings. The molecule has 172 valence electrons. The third-order valence-electron chi connectivity index (χ3n) is 6.34. The van der Waals surface area contributed by atoms with Gasteiger partial charge in [0.25, 0.3) is 0 Å². The smallest absolute Gasteiger partial charge is 0.343 e. The maximum absolute atomic E-state index is 12.8. The summed E-state index contributed by atoms with van der Waals surface area (Å²) in [5, 5.41) is 2.75. The van der Waals surface area contributed by atoms with E-state index in [2.05, 4.69) is 18.9 Å². The number of methoxy groups -OCH3 is 2. The minimum atomic E-state index is -0.639. The number of carbonyl (C=O) groups excluding carboxylic acids is 1. The van der Waals surface area contributed by atoms with Crippen LogP contribution < -0.4 is 15.2 Å². The van der Waals surface area contributed by atoms with Crippen molar-refractivity contribution in [3.05, 3.63) is 50.8 Å². The van der Waals surface area contributed by atoms with Crippen molar-refractivity contribution in [2.75, 3.05) is 32.4 Å². The van der Waals surface area contributed by atoms with Crippen molar-refractivity contribution in [1.82, 2.24) is 4.68 Å². The molecule has 0 unspecified atom stereocenters. The zero-order chi connectivity index (χ0) is 23.0. The summed E-state index contributed by atoms with van der Waals surface area (Å²) in [6.07, 6.45) is 5.38. The van der Waals surface area contributed by atoms with Crippen molar-refractivity contribution < 1.29 is 19.0 Å². The molecule has 0 bridgehead atoms. The summed E-state index contributed by atoms with van der Waals surface area (Å²) in [6, 6.07) is 5.44. The molecule has 0 spiro atoms. The summed E-state index contributed by atoms with van der Waals surface area (Å²) < 4.78 is 17.8. The lowest BCUT2D eigenvalue weighted by Crippen LogP contribution is -2.57. The maximum atomic E-state index is 12.8. The molecule has 7 nitrogen and oxygen atoms in total. The number of piperidine rings is 1. The van der Waals surface area contributed by atoms with Gasteiger partial charge in [-0.2, -0.15) is 0 Å². The van der Waals surface area contributed by atoms with Gasteiger partial charge in [-0.15, -0.1) is 0 Å². The van der Waals surface area contributed by atoms with E-state index in [9.17, 15) is 9.59 Å². The van der Waals surface area contributed by atoms with Gasteiger partial charge in [-0.3, -0.25) is 14.5 Å². The number of benzene rings is 1. The van der Waals surface area contributed by atoms with Crippen LogP contribution in [0.4, 0.5) is 0 Å². The highest BCUT2D eigenvalue weighted by atomic mass is 35.5. The average molecular weight is 461 g/mol. The normalized spacial score (nSPS) is 18.4. The Labute approximate surface area is 192 Å². The zero-order valence-electron chi connectivity index (χ0n) is 18.9. The predicted octanol–water partition coefficient (Wildman–Crippen LogP) is 4.33. The van der Waals surface area contributed by atoms with Crippen LogP contribution in [0.2, 0.25) is 5.02 Å². The lowest BCUT2D eigenvalue weighted by Gasteiger charge is -2.53. The summed E-state index contributed by atoms with van der Waals surface area (Å²) in [7, 11) is 2.94. The highest BCUT2D eigenvalue weighted by molar-refractivity contribution is 6.32. The van der Waals surface area contributed by atoms with Gasteiger partial charge in [-0.05, 0) is 50.8 Å². The number of esters is 1. The molecule has 32 heavy (non-hydrogen) atoms. The third-order valence-corrected chi connectivity index (χ3v) is 6.64. The summed E-state index contributed by atoms with van der Waals surface area (Å²) >= 11 is 6.58. The topological polar surface area (TPSA) is 70.0 Å². The van der Waals surface area contributed by atoms with Crippen LogP contribution in [0, 0.1) is 0 Å². The number of aromatic nitrogens is 1. The molecule has 0 radical (unpaired) electrons. The first-order chi connectivity index (χ1) is 15.3. The molecular formula is C24H29ClN2O5. The van der Waals surface area contributed by atoms with Crippen LogP contribution in [-0.4, -0.2) is 43.6 Å². The fraction of sp³-hybridized carbons (Fsp3) is 0.500. The van der Waals surface area contributed by atoms with Gasteiger partial charge in [0, 0.05) is 38.0 Å². The lowest BCUT2D eigenvalue weighted by molar-refractivity contribution is 0.0597. The predicted molar refractivity (Wildman–Crippen MR) is 123 cm³/mol. The van der Waals surface area contributed by atoms with Crippen molar-refractivity contribution in [2.24, 2.45) is 0 Å². The molecule has 1 aromatic heterocycles. The monoisotopic (exact) mass is 460 g/mol. The molecule has 0 saturated carbocycles. The number of hydrogen-bond donors (Lipinski definition) is 0. The first-order valence-electron chi connectivity index (χ1n) is 10.9. The van der Waals surface area contributed by atoms with Crippen LogP contribution in [0.3, 0.4) is 0 Å². The number of fused-ring (bicyclic) bond motifs is 6. The number of rotatable bonds is 6. The highest BCUT2D eigenvalue weighted by Crippen LogP contribution is 2.48. The summed E-state index contributed by atoms with van der Waals surface area (Å²) in [5.74, 6) is -0.00729. The Morgan fingerprint density at radius 1 is 1.22 bits per heavy atom. The van der Waals surface area contributed by atoms with E-state index >= 15 is 0 Å². The van der Waals surface area contributed by atoms with Gasteiger partial charge < -0.3 is 14.2 Å². The van der Waals surface area contributed by atoms with Crippen molar-refractivity contribution in [1.29, 1.82) is 0 Å². The third kappa shape index (κ3) is 3.88. The Balaban J connectivity index is 1.88. The molecule has 1 saturated heterocycles. The van der Waals surface area contributed by atoms with E-state index in [-0.39, 0.29) is 22.6 Å². The number of halogens is 1. The average Bonchev–Trinajstić information content (AvgIpc) is 2.76. The molecule has 1 fully saturated rings. The van der Waals surface area contributed by atoms with Gasteiger partial charge in [0.05, 0.1) is 36.0 Å². The second-order valence-electron chi connectivity index (χ2n) is 8.90. The van der Waals surface area contributed by atoms with Crippen molar-refractivity contribution >= 4 is 17.6 Å². The standard InChI is InChI=1S/C24H29ClN2O5/c1-24(2)8-5-7-19-16-12-22(32-10-6-9-30-3)18(25)11-15(16)20-13-21(28)17(23(29)31-4)14-26(20)27(19)24/h11-14,19H,5-10H2,1-4H3/t19-/m1/s1. The van der Waals surface area contributed by atoms with Crippen LogP contribution in [0.15, 0.2) is 29.2 Å². The molecule has 1 aromatic carbocycles. The number of carbonyl (C=O) groups is 1. The number of pyridine rings is 1. The van der Waals surface area contributed by atoms with Crippen LogP contribution in [0.25, 0.3) is 11.3 Å². The number of nitrogens with zero attached hydrogens (tertiary/aromatic N) is 2. The fourth-order valence-corrected chi connectivity index (χ4v) is 5.06. The quantitative estimate of drug-likeness (QED) is 0.472. The van der Waals surface area contributed by atoms with Crippen LogP contribution >= 0.6 is 11.6 Å². The molecular weight excluding hydrogens is 432 g/mol. The number of ether oxygens (including phenoxy) is 3. The Kier molecular flexibility index (Phi) is 6.23. The Morgan fingerprint density at radius 2 is 2.00 bits per heavy atom. The highest BCUT2D eigenvalue weighted by Gasteiger charge is 2.42. The summed E-state index contributed by atoms with van der Waals surface area (Å²) in [4.78, 5) is 25.0. The molecule has 4 rings (SSSR count). The minimum absolute atomic E-state index is 0.0176. The number of hydrogen-bond acceptors (Lipinski definition) is 6. The molecule has 0 N–H and O–H groups in total. The van der Waals surface area contributed by atoms with E-state index in [1.54, 1.807) is 13.3 Å². The van der Waals surface area contributed by atoms with Gasteiger partial charge in [-0.25, -0.2) is 4.79 Å². The van der Waals surface area contributed by atoms with Crippen LogP contribution in [0.5, 0.6) is 5.75 Å². The second kappa shape index (κ2) is 8.79. The molecule has 2 aromatic rings. The van der Waals surface area contributed by atoms with Crippen molar-refractivity contribution in [3.8, 4) is 17.0 Å². The summed E-state index contributed by atoms with van der Waals surface area (Å²) in [6.45, 7) is 5.49. The molecule has 0 amide bonds. The van der Waals surface area contributed by atoms with Gasteiger partial charge in [0.1, 0.15) is 11.3 Å². The first kappa shape index (κ1) is 22.7.